The Bertz CT molecular complexity index is 520. The van der Waals surface area contributed by atoms with E-state index < -0.39 is 0 Å². The summed E-state index contributed by atoms with van der Waals surface area (Å²) in [6, 6.07) is 11.1. The fourth-order valence-corrected chi connectivity index (χ4v) is 2.78. The quantitative estimate of drug-likeness (QED) is 0.930. The van der Waals surface area contributed by atoms with Crippen molar-refractivity contribution in [1.29, 1.82) is 0 Å². The number of nitrogens with one attached hydrogen (secondary N) is 1. The van der Waals surface area contributed by atoms with Gasteiger partial charge in [-0.25, -0.2) is 0 Å². The average Bonchev–Trinajstić information content (AvgIpc) is 2.93. The monoisotopic (exact) mass is 291 g/mol. The predicted molar refractivity (Wildman–Crippen MR) is 70.8 cm³/mol. The molecule has 17 heavy (non-hydrogen) atoms. The van der Waals surface area contributed by atoms with Gasteiger partial charge in [0.2, 0.25) is 0 Å². The summed E-state index contributed by atoms with van der Waals surface area (Å²) < 4.78 is 6.44. The number of fused-ring (bicyclic) bond motifs is 1. The van der Waals surface area contributed by atoms with Gasteiger partial charge in [-0.15, -0.1) is 0 Å². The molecule has 0 radical (unpaired) electrons. The van der Waals surface area contributed by atoms with E-state index in [1.165, 1.54) is 24.0 Å². The molecule has 1 N–H and O–H groups in total. The zero-order chi connectivity index (χ0) is 11.7. The van der Waals surface area contributed by atoms with Crippen molar-refractivity contribution >= 4 is 15.9 Å². The highest BCUT2D eigenvalue weighted by molar-refractivity contribution is 9.10. The van der Waals surface area contributed by atoms with E-state index in [-0.39, 0.29) is 0 Å². The standard InChI is InChI=1S/C14H14BrNO/c15-12-7-8-17-14(12)9-16-13-6-5-10-3-1-2-4-11(10)13/h1-4,7-8,13,16H,5-6,9H2. The molecule has 88 valence electrons. The van der Waals surface area contributed by atoms with E-state index >= 15 is 0 Å². The topological polar surface area (TPSA) is 25.2 Å². The molecule has 0 spiro atoms. The Balaban J connectivity index is 1.70. The summed E-state index contributed by atoms with van der Waals surface area (Å²) in [4.78, 5) is 0. The summed E-state index contributed by atoms with van der Waals surface area (Å²) in [5, 5.41) is 3.56. The van der Waals surface area contributed by atoms with Gasteiger partial charge in [0, 0.05) is 6.04 Å². The Labute approximate surface area is 109 Å². The van der Waals surface area contributed by atoms with Crippen molar-refractivity contribution in [3.63, 3.8) is 0 Å². The number of rotatable bonds is 3. The van der Waals surface area contributed by atoms with Gasteiger partial charge < -0.3 is 9.73 Å². The molecular formula is C14H14BrNO. The number of benzene rings is 1. The van der Waals surface area contributed by atoms with Crippen molar-refractivity contribution < 1.29 is 4.42 Å². The predicted octanol–water partition coefficient (Wildman–Crippen LogP) is 3.82. The number of hydrogen-bond acceptors (Lipinski definition) is 2. The Kier molecular flexibility index (Phi) is 3.04. The summed E-state index contributed by atoms with van der Waals surface area (Å²) in [6.45, 7) is 0.770. The van der Waals surface area contributed by atoms with Crippen LogP contribution < -0.4 is 5.32 Å². The van der Waals surface area contributed by atoms with E-state index in [1.54, 1.807) is 6.26 Å². The van der Waals surface area contributed by atoms with E-state index in [2.05, 4.69) is 45.5 Å². The molecular weight excluding hydrogens is 278 g/mol. The van der Waals surface area contributed by atoms with Gasteiger partial charge in [0.05, 0.1) is 17.3 Å². The first-order chi connectivity index (χ1) is 8.34. The van der Waals surface area contributed by atoms with Gasteiger partial charge >= 0.3 is 0 Å². The maximum atomic E-state index is 5.40. The molecule has 1 aromatic carbocycles. The molecule has 3 heteroatoms. The molecule has 1 unspecified atom stereocenters. The van der Waals surface area contributed by atoms with Gasteiger partial charge in [0.25, 0.3) is 0 Å². The van der Waals surface area contributed by atoms with Crippen LogP contribution in [-0.2, 0) is 13.0 Å². The smallest absolute Gasteiger partial charge is 0.131 e. The van der Waals surface area contributed by atoms with E-state index in [4.69, 9.17) is 4.42 Å². The zero-order valence-electron chi connectivity index (χ0n) is 9.45. The van der Waals surface area contributed by atoms with Crippen molar-refractivity contribution in [2.45, 2.75) is 25.4 Å². The Morgan fingerprint density at radius 3 is 3.00 bits per heavy atom. The van der Waals surface area contributed by atoms with Gasteiger partial charge in [0.15, 0.2) is 0 Å². The second-order valence-electron chi connectivity index (χ2n) is 4.36. The van der Waals surface area contributed by atoms with Gasteiger partial charge in [-0.05, 0) is 46.0 Å². The van der Waals surface area contributed by atoms with Gasteiger partial charge in [0.1, 0.15) is 5.76 Å². The van der Waals surface area contributed by atoms with Crippen LogP contribution >= 0.6 is 15.9 Å². The second-order valence-corrected chi connectivity index (χ2v) is 5.22. The lowest BCUT2D eigenvalue weighted by atomic mass is 10.1. The van der Waals surface area contributed by atoms with E-state index in [0.29, 0.717) is 6.04 Å². The minimum absolute atomic E-state index is 0.461. The highest BCUT2D eigenvalue weighted by atomic mass is 79.9. The van der Waals surface area contributed by atoms with Crippen molar-refractivity contribution in [3.8, 4) is 0 Å². The van der Waals surface area contributed by atoms with Crippen LogP contribution in [0.4, 0.5) is 0 Å². The summed E-state index contributed by atoms with van der Waals surface area (Å²) >= 11 is 3.47. The third-order valence-corrected chi connectivity index (χ3v) is 4.04. The first-order valence-corrected chi connectivity index (χ1v) is 6.67. The number of furan rings is 1. The van der Waals surface area contributed by atoms with E-state index in [9.17, 15) is 0 Å². The molecule has 1 aromatic heterocycles. The number of halogens is 1. The first kappa shape index (κ1) is 11.1. The molecule has 0 bridgehead atoms. The van der Waals surface area contributed by atoms with Crippen LogP contribution in [-0.4, -0.2) is 0 Å². The van der Waals surface area contributed by atoms with Crippen molar-refractivity contribution in [1.82, 2.24) is 5.32 Å². The molecule has 1 aliphatic rings. The number of aryl methyl sites for hydroxylation is 1. The minimum Gasteiger partial charge on any atom is -0.467 e. The average molecular weight is 292 g/mol. The molecule has 1 heterocycles. The van der Waals surface area contributed by atoms with Crippen LogP contribution in [0.2, 0.25) is 0 Å². The van der Waals surface area contributed by atoms with E-state index in [0.717, 1.165) is 16.8 Å². The lowest BCUT2D eigenvalue weighted by molar-refractivity contribution is 0.446. The normalized spacial score (nSPS) is 18.3. The van der Waals surface area contributed by atoms with Crippen LogP contribution in [0.25, 0.3) is 0 Å². The van der Waals surface area contributed by atoms with Crippen LogP contribution in [0.5, 0.6) is 0 Å². The van der Waals surface area contributed by atoms with Gasteiger partial charge in [-0.2, -0.15) is 0 Å². The highest BCUT2D eigenvalue weighted by Crippen LogP contribution is 2.31. The third kappa shape index (κ3) is 2.17. The third-order valence-electron chi connectivity index (χ3n) is 3.33. The molecule has 0 fully saturated rings. The van der Waals surface area contributed by atoms with Crippen LogP contribution in [0.3, 0.4) is 0 Å². The summed E-state index contributed by atoms with van der Waals surface area (Å²) in [5.74, 6) is 0.967. The summed E-state index contributed by atoms with van der Waals surface area (Å²) in [7, 11) is 0. The van der Waals surface area contributed by atoms with E-state index in [1.807, 2.05) is 6.07 Å². The van der Waals surface area contributed by atoms with Gasteiger partial charge in [-0.3, -0.25) is 0 Å². The molecule has 1 aliphatic carbocycles. The van der Waals surface area contributed by atoms with Crippen LogP contribution in [0.1, 0.15) is 29.3 Å². The molecule has 0 saturated heterocycles. The largest absolute Gasteiger partial charge is 0.467 e. The summed E-state index contributed by atoms with van der Waals surface area (Å²) in [5.41, 5.74) is 2.92. The fraction of sp³-hybridized carbons (Fsp3) is 0.286. The Morgan fingerprint density at radius 2 is 2.18 bits per heavy atom. The van der Waals surface area contributed by atoms with Crippen molar-refractivity contribution in [2.75, 3.05) is 0 Å². The maximum absolute atomic E-state index is 5.40. The van der Waals surface area contributed by atoms with Crippen LogP contribution in [0.15, 0.2) is 45.5 Å². The zero-order valence-corrected chi connectivity index (χ0v) is 11.0. The Morgan fingerprint density at radius 1 is 1.29 bits per heavy atom. The summed E-state index contributed by atoms with van der Waals surface area (Å²) in [6.07, 6.45) is 4.06. The molecule has 1 atom stereocenters. The molecule has 2 aromatic rings. The van der Waals surface area contributed by atoms with Crippen molar-refractivity contribution in [3.05, 3.63) is 58.0 Å². The fourth-order valence-electron chi connectivity index (χ4n) is 2.44. The second kappa shape index (κ2) is 4.67. The highest BCUT2D eigenvalue weighted by Gasteiger charge is 2.21. The number of hydrogen-bond donors (Lipinski definition) is 1. The lowest BCUT2D eigenvalue weighted by Gasteiger charge is -2.13. The van der Waals surface area contributed by atoms with Crippen LogP contribution in [0, 0.1) is 0 Å². The van der Waals surface area contributed by atoms with Gasteiger partial charge in [-0.1, -0.05) is 24.3 Å². The lowest BCUT2D eigenvalue weighted by Crippen LogP contribution is -2.18. The van der Waals surface area contributed by atoms with Crippen molar-refractivity contribution in [2.24, 2.45) is 0 Å². The molecule has 0 saturated carbocycles. The SMILES string of the molecule is Brc1ccoc1CNC1CCc2ccccc21. The molecule has 3 rings (SSSR count). The Hall–Kier alpha value is -1.06. The molecule has 2 nitrogen and oxygen atoms in total. The maximum Gasteiger partial charge on any atom is 0.131 e. The molecule has 0 amide bonds. The first-order valence-electron chi connectivity index (χ1n) is 5.87. The minimum atomic E-state index is 0.461. The molecule has 0 aliphatic heterocycles.